The van der Waals surface area contributed by atoms with E-state index in [1.165, 1.54) is 25.7 Å². The topological polar surface area (TPSA) is 35.8 Å². The second-order valence-corrected chi connectivity index (χ2v) is 6.78. The second-order valence-electron chi connectivity index (χ2n) is 5.03. The number of nitrogens with one attached hydrogen (secondary N) is 1. The zero-order chi connectivity index (χ0) is 12.0. The lowest BCUT2D eigenvalue weighted by Crippen LogP contribution is -2.42. The summed E-state index contributed by atoms with van der Waals surface area (Å²) in [5.41, 5.74) is -0.347. The van der Waals surface area contributed by atoms with Gasteiger partial charge in [0.25, 0.3) is 0 Å². The van der Waals surface area contributed by atoms with E-state index >= 15 is 0 Å². The highest BCUT2D eigenvalue weighted by Gasteiger charge is 2.27. The fourth-order valence-electron chi connectivity index (χ4n) is 2.52. The van der Waals surface area contributed by atoms with Gasteiger partial charge >= 0.3 is 0 Å². The fraction of sp³-hybridized carbons (Fsp3) is 0.923. The largest absolute Gasteiger partial charge is 0.300 e. The average molecular weight is 240 g/mol. The van der Waals surface area contributed by atoms with Gasteiger partial charge in [0.05, 0.1) is 6.07 Å². The molecule has 0 radical (unpaired) electrons. The van der Waals surface area contributed by atoms with Gasteiger partial charge in [-0.3, -0.25) is 5.32 Å². The van der Waals surface area contributed by atoms with E-state index in [0.717, 1.165) is 18.2 Å². The molecule has 1 rings (SSSR count). The first-order valence-corrected chi connectivity index (χ1v) is 7.35. The Labute approximate surface area is 104 Å². The molecular weight excluding hydrogens is 216 g/mol. The van der Waals surface area contributed by atoms with Crippen LogP contribution in [-0.4, -0.2) is 22.6 Å². The summed E-state index contributed by atoms with van der Waals surface area (Å²) in [7, 11) is 0. The Balaban J connectivity index is 2.36. The lowest BCUT2D eigenvalue weighted by atomic mass is 9.98. The van der Waals surface area contributed by atoms with E-state index in [2.05, 4.69) is 37.0 Å². The highest BCUT2D eigenvalue weighted by atomic mass is 32.2. The third-order valence-corrected chi connectivity index (χ3v) is 4.72. The molecule has 0 heterocycles. The Bertz CT molecular complexity index is 243. The Kier molecular flexibility index (Phi) is 5.64. The number of thioether (sulfide) groups is 1. The standard InChI is InChI=1S/C13H24N2S/c1-4-15-13(3,10-14)9-11(2)16-12-7-5-6-8-12/h11-12,15H,4-9H2,1-3H3. The maximum atomic E-state index is 9.20. The van der Waals surface area contributed by atoms with Crippen LogP contribution in [-0.2, 0) is 0 Å². The first-order chi connectivity index (χ1) is 7.59. The molecule has 2 nitrogen and oxygen atoms in total. The Morgan fingerprint density at radius 3 is 2.62 bits per heavy atom. The lowest BCUT2D eigenvalue weighted by molar-refractivity contribution is 0.429. The summed E-state index contributed by atoms with van der Waals surface area (Å²) in [5.74, 6) is 0. The summed E-state index contributed by atoms with van der Waals surface area (Å²) >= 11 is 2.08. The van der Waals surface area contributed by atoms with Crippen LogP contribution in [0.4, 0.5) is 0 Å². The molecule has 3 heteroatoms. The van der Waals surface area contributed by atoms with Crippen molar-refractivity contribution >= 4 is 11.8 Å². The van der Waals surface area contributed by atoms with Gasteiger partial charge in [-0.25, -0.2) is 0 Å². The summed E-state index contributed by atoms with van der Waals surface area (Å²) in [5, 5.41) is 13.9. The van der Waals surface area contributed by atoms with Crippen LogP contribution in [0.1, 0.15) is 52.9 Å². The van der Waals surface area contributed by atoms with E-state index in [1.807, 2.05) is 6.92 Å². The number of hydrogen-bond donors (Lipinski definition) is 1. The highest BCUT2D eigenvalue weighted by Crippen LogP contribution is 2.34. The molecule has 0 bridgehead atoms. The summed E-state index contributed by atoms with van der Waals surface area (Å²) in [6.07, 6.45) is 6.48. The molecule has 2 atom stereocenters. The molecule has 0 aromatic heterocycles. The molecule has 1 N–H and O–H groups in total. The molecule has 92 valence electrons. The van der Waals surface area contributed by atoms with Gasteiger partial charge in [-0.05, 0) is 32.7 Å². The Hall–Kier alpha value is -0.200. The molecule has 1 fully saturated rings. The minimum Gasteiger partial charge on any atom is -0.300 e. The van der Waals surface area contributed by atoms with Crippen LogP contribution < -0.4 is 5.32 Å². The summed E-state index contributed by atoms with van der Waals surface area (Å²) in [6, 6.07) is 2.41. The van der Waals surface area contributed by atoms with E-state index < -0.39 is 0 Å². The van der Waals surface area contributed by atoms with Gasteiger partial charge < -0.3 is 0 Å². The Morgan fingerprint density at radius 2 is 2.12 bits per heavy atom. The maximum Gasteiger partial charge on any atom is 0.104 e. The van der Waals surface area contributed by atoms with Crippen LogP contribution in [0.3, 0.4) is 0 Å². The first-order valence-electron chi connectivity index (χ1n) is 6.41. The smallest absolute Gasteiger partial charge is 0.104 e. The number of rotatable bonds is 6. The van der Waals surface area contributed by atoms with Crippen molar-refractivity contribution in [3.63, 3.8) is 0 Å². The average Bonchev–Trinajstić information content (AvgIpc) is 2.70. The van der Waals surface area contributed by atoms with Crippen molar-refractivity contribution in [2.24, 2.45) is 0 Å². The van der Waals surface area contributed by atoms with Gasteiger partial charge in [0, 0.05) is 10.5 Å². The van der Waals surface area contributed by atoms with Crippen molar-refractivity contribution in [3.8, 4) is 6.07 Å². The summed E-state index contributed by atoms with van der Waals surface area (Å²) < 4.78 is 0. The lowest BCUT2D eigenvalue weighted by Gasteiger charge is -2.27. The van der Waals surface area contributed by atoms with E-state index in [9.17, 15) is 5.26 Å². The van der Waals surface area contributed by atoms with Crippen LogP contribution in [0.25, 0.3) is 0 Å². The molecule has 16 heavy (non-hydrogen) atoms. The number of nitriles is 1. The molecule has 0 aromatic rings. The van der Waals surface area contributed by atoms with Gasteiger partial charge in [0.15, 0.2) is 0 Å². The second kappa shape index (κ2) is 6.51. The van der Waals surface area contributed by atoms with Crippen molar-refractivity contribution < 1.29 is 0 Å². The van der Waals surface area contributed by atoms with Crippen LogP contribution in [0, 0.1) is 11.3 Å². The van der Waals surface area contributed by atoms with Crippen molar-refractivity contribution in [2.45, 2.75) is 68.9 Å². The third-order valence-electron chi connectivity index (χ3n) is 3.24. The van der Waals surface area contributed by atoms with Crippen molar-refractivity contribution in [1.29, 1.82) is 5.26 Å². The van der Waals surface area contributed by atoms with E-state index in [0.29, 0.717) is 5.25 Å². The summed E-state index contributed by atoms with van der Waals surface area (Å²) in [6.45, 7) is 7.20. The molecule has 0 amide bonds. The molecule has 1 aliphatic carbocycles. The van der Waals surface area contributed by atoms with E-state index in [-0.39, 0.29) is 5.54 Å². The van der Waals surface area contributed by atoms with Gasteiger partial charge in [0.2, 0.25) is 0 Å². The van der Waals surface area contributed by atoms with Gasteiger partial charge in [-0.15, -0.1) is 0 Å². The van der Waals surface area contributed by atoms with E-state index in [4.69, 9.17) is 0 Å². The SMILES string of the molecule is CCNC(C)(C#N)CC(C)SC1CCCC1. The molecule has 1 aliphatic rings. The van der Waals surface area contributed by atoms with Crippen molar-refractivity contribution in [2.75, 3.05) is 6.54 Å². The van der Waals surface area contributed by atoms with Gasteiger partial charge in [0.1, 0.15) is 5.54 Å². The number of hydrogen-bond acceptors (Lipinski definition) is 3. The van der Waals surface area contributed by atoms with Crippen molar-refractivity contribution in [1.82, 2.24) is 5.32 Å². The minimum absolute atomic E-state index is 0.347. The van der Waals surface area contributed by atoms with Crippen LogP contribution >= 0.6 is 11.8 Å². The molecule has 0 spiro atoms. The van der Waals surface area contributed by atoms with Crippen LogP contribution in [0.2, 0.25) is 0 Å². The fourth-order valence-corrected chi connectivity index (χ4v) is 4.22. The molecule has 0 aromatic carbocycles. The quantitative estimate of drug-likeness (QED) is 0.773. The minimum atomic E-state index is -0.347. The predicted molar refractivity (Wildman–Crippen MR) is 71.6 cm³/mol. The zero-order valence-electron chi connectivity index (χ0n) is 10.8. The van der Waals surface area contributed by atoms with Crippen molar-refractivity contribution in [3.05, 3.63) is 0 Å². The van der Waals surface area contributed by atoms with Crippen LogP contribution in [0.15, 0.2) is 0 Å². The monoisotopic (exact) mass is 240 g/mol. The highest BCUT2D eigenvalue weighted by molar-refractivity contribution is 8.00. The predicted octanol–water partition coefficient (Wildman–Crippen LogP) is 3.33. The van der Waals surface area contributed by atoms with Gasteiger partial charge in [-0.2, -0.15) is 17.0 Å². The Morgan fingerprint density at radius 1 is 1.50 bits per heavy atom. The first kappa shape index (κ1) is 13.9. The molecule has 1 saturated carbocycles. The molecule has 2 unspecified atom stereocenters. The zero-order valence-corrected chi connectivity index (χ0v) is 11.6. The van der Waals surface area contributed by atoms with Gasteiger partial charge in [-0.1, -0.05) is 26.7 Å². The third kappa shape index (κ3) is 4.35. The summed E-state index contributed by atoms with van der Waals surface area (Å²) in [4.78, 5) is 0. The molecule has 0 aliphatic heterocycles. The van der Waals surface area contributed by atoms with Crippen LogP contribution in [0.5, 0.6) is 0 Å². The number of nitrogens with zero attached hydrogens (tertiary/aromatic N) is 1. The molecular formula is C13H24N2S. The molecule has 0 saturated heterocycles. The van der Waals surface area contributed by atoms with E-state index in [1.54, 1.807) is 0 Å². The normalized spacial score (nSPS) is 22.6. The maximum absolute atomic E-state index is 9.20.